The number of benzene rings is 2. The number of Topliss-reactive ketones (excluding diaryl/α,β-unsaturated/α-hetero) is 2. The van der Waals surface area contributed by atoms with Gasteiger partial charge in [-0.15, -0.1) is 0 Å². The molecule has 1 fully saturated rings. The highest BCUT2D eigenvalue weighted by Crippen LogP contribution is 2.54. The number of amides is 1. The number of carbonyl (C=O) groups is 3. The first kappa shape index (κ1) is 29.3. The lowest BCUT2D eigenvalue weighted by Gasteiger charge is -2.50. The number of ketones is 2. The van der Waals surface area contributed by atoms with Crippen LogP contribution in [0.3, 0.4) is 0 Å². The van der Waals surface area contributed by atoms with Crippen LogP contribution in [0, 0.1) is 11.8 Å². The summed E-state index contributed by atoms with van der Waals surface area (Å²) in [6, 6.07) is 10.8. The van der Waals surface area contributed by atoms with Crippen LogP contribution in [0.2, 0.25) is 0 Å². The smallest absolute Gasteiger partial charge is 0.255 e. The second-order valence-electron chi connectivity index (χ2n) is 12.0. The number of nitrogens with zero attached hydrogens (tertiary/aromatic N) is 2. The number of phenolic OH excluding ortho intramolecular Hbond substituents is 1. The Bertz CT molecular complexity index is 1540. The highest BCUT2D eigenvalue weighted by atomic mass is 16.3. The van der Waals surface area contributed by atoms with E-state index in [9.17, 15) is 34.8 Å². The van der Waals surface area contributed by atoms with Crippen LogP contribution < -0.4 is 10.6 Å². The first-order valence-corrected chi connectivity index (χ1v) is 14.0. The number of aryl methyl sites for hydroxylation is 2. The van der Waals surface area contributed by atoms with Gasteiger partial charge in [0, 0.05) is 31.3 Å². The van der Waals surface area contributed by atoms with Gasteiger partial charge < -0.3 is 31.1 Å². The van der Waals surface area contributed by atoms with Crippen LogP contribution in [-0.2, 0) is 33.6 Å². The standard InChI is InChI=1S/C32H37N3O7/c1-34(2)21-15-17(12-8-11-16-9-6-5-7-10-16)26(36)23-19(21)13-18-14-20-25(35(3)4)28(38)24(31(33)41)30(40)32(20,42)29(39)22(18)27(23)37/h5-7,9-10,15,18,20,25,36-37,40,42H,8,11-14H2,1-4H3,(H2,33,41)/t18-,20-,25?,32-/m0/s1. The van der Waals surface area contributed by atoms with Crippen molar-refractivity contribution in [1.82, 2.24) is 4.90 Å². The molecule has 5 rings (SSSR count). The number of rotatable bonds is 7. The lowest BCUT2D eigenvalue weighted by atomic mass is 9.57. The van der Waals surface area contributed by atoms with Crippen molar-refractivity contribution >= 4 is 28.9 Å². The zero-order valence-electron chi connectivity index (χ0n) is 24.2. The van der Waals surface area contributed by atoms with Crippen LogP contribution >= 0.6 is 0 Å². The molecule has 42 heavy (non-hydrogen) atoms. The van der Waals surface area contributed by atoms with E-state index in [1.54, 1.807) is 14.1 Å². The number of aliphatic hydroxyl groups excluding tert-OH is 2. The maximum atomic E-state index is 14.1. The van der Waals surface area contributed by atoms with E-state index in [4.69, 9.17) is 5.73 Å². The number of aromatic hydroxyl groups is 1. The van der Waals surface area contributed by atoms with E-state index < -0.39 is 58.0 Å². The number of hydrogen-bond acceptors (Lipinski definition) is 9. The fourth-order valence-corrected chi connectivity index (χ4v) is 7.06. The van der Waals surface area contributed by atoms with Crippen molar-refractivity contribution in [2.75, 3.05) is 33.1 Å². The van der Waals surface area contributed by atoms with Crippen molar-refractivity contribution in [3.8, 4) is 5.75 Å². The summed E-state index contributed by atoms with van der Waals surface area (Å²) in [4.78, 5) is 42.9. The highest BCUT2D eigenvalue weighted by Gasteiger charge is 2.64. The van der Waals surface area contributed by atoms with Gasteiger partial charge >= 0.3 is 0 Å². The van der Waals surface area contributed by atoms with Crippen molar-refractivity contribution < 1.29 is 34.8 Å². The number of primary amides is 1. The summed E-state index contributed by atoms with van der Waals surface area (Å²) in [5, 5.41) is 45.9. The Labute approximate surface area is 244 Å². The fourth-order valence-electron chi connectivity index (χ4n) is 7.06. The molecule has 1 amide bonds. The molecule has 0 aromatic heterocycles. The summed E-state index contributed by atoms with van der Waals surface area (Å²) in [6.45, 7) is 0. The Balaban J connectivity index is 1.63. The summed E-state index contributed by atoms with van der Waals surface area (Å²) >= 11 is 0. The topological polar surface area (TPSA) is 165 Å². The van der Waals surface area contributed by atoms with Crippen LogP contribution in [0.4, 0.5) is 5.69 Å². The molecule has 1 unspecified atom stereocenters. The summed E-state index contributed by atoms with van der Waals surface area (Å²) in [5.74, 6) is -6.47. The number of aliphatic hydroxyl groups is 3. The van der Waals surface area contributed by atoms with Gasteiger partial charge in [0.2, 0.25) is 5.78 Å². The molecular formula is C32H37N3O7. The zero-order valence-corrected chi connectivity index (χ0v) is 24.2. The van der Waals surface area contributed by atoms with Gasteiger partial charge in [0.1, 0.15) is 22.8 Å². The number of anilines is 1. The Hall–Kier alpha value is -4.15. The number of carbonyl (C=O) groups excluding carboxylic acids is 3. The Morgan fingerprint density at radius 1 is 1.05 bits per heavy atom. The SMILES string of the molecule is CN(C)c1cc(CCCc2ccccc2)c(O)c2c1C[C@H]1C[C@H]3C(N(C)C)C(=O)C(C(N)=O)=C(O)[C@@]3(O)C(=O)C1=C2O. The first-order valence-electron chi connectivity index (χ1n) is 14.0. The third-order valence-electron chi connectivity index (χ3n) is 9.01. The van der Waals surface area contributed by atoms with Gasteiger partial charge in [-0.25, -0.2) is 0 Å². The van der Waals surface area contributed by atoms with Gasteiger partial charge in [0.25, 0.3) is 5.91 Å². The van der Waals surface area contributed by atoms with Crippen molar-refractivity contribution in [3.63, 3.8) is 0 Å². The average molecular weight is 576 g/mol. The molecule has 0 radical (unpaired) electrons. The summed E-state index contributed by atoms with van der Waals surface area (Å²) in [6.07, 6.45) is 2.34. The number of hydrogen-bond donors (Lipinski definition) is 5. The van der Waals surface area contributed by atoms with Crippen molar-refractivity contribution in [1.29, 1.82) is 0 Å². The lowest BCUT2D eigenvalue weighted by Crippen LogP contribution is -2.65. The molecule has 4 atom stereocenters. The molecule has 0 heterocycles. The van der Waals surface area contributed by atoms with Crippen LogP contribution in [0.5, 0.6) is 5.75 Å². The first-order chi connectivity index (χ1) is 19.8. The summed E-state index contributed by atoms with van der Waals surface area (Å²) < 4.78 is 0. The van der Waals surface area contributed by atoms with Crippen molar-refractivity contribution in [2.24, 2.45) is 17.6 Å². The average Bonchev–Trinajstić information content (AvgIpc) is 2.92. The highest BCUT2D eigenvalue weighted by molar-refractivity contribution is 6.24. The molecule has 222 valence electrons. The van der Waals surface area contributed by atoms with E-state index in [1.807, 2.05) is 55.4 Å². The number of phenols is 1. The molecule has 6 N–H and O–H groups in total. The van der Waals surface area contributed by atoms with E-state index in [2.05, 4.69) is 0 Å². The largest absolute Gasteiger partial charge is 0.508 e. The summed E-state index contributed by atoms with van der Waals surface area (Å²) in [7, 11) is 6.87. The van der Waals surface area contributed by atoms with Crippen LogP contribution in [0.15, 0.2) is 53.3 Å². The van der Waals surface area contributed by atoms with E-state index in [0.29, 0.717) is 17.5 Å². The Morgan fingerprint density at radius 3 is 2.31 bits per heavy atom. The molecule has 0 saturated heterocycles. The van der Waals surface area contributed by atoms with E-state index in [0.717, 1.165) is 24.1 Å². The summed E-state index contributed by atoms with van der Waals surface area (Å²) in [5.41, 5.74) is 5.08. The van der Waals surface area contributed by atoms with E-state index in [1.165, 1.54) is 4.90 Å². The van der Waals surface area contributed by atoms with E-state index >= 15 is 0 Å². The Morgan fingerprint density at radius 2 is 1.71 bits per heavy atom. The maximum Gasteiger partial charge on any atom is 0.255 e. The van der Waals surface area contributed by atoms with Gasteiger partial charge in [0.05, 0.1) is 11.6 Å². The van der Waals surface area contributed by atoms with Crippen LogP contribution in [0.25, 0.3) is 5.76 Å². The number of likely N-dealkylation sites (N-methyl/N-ethyl adjacent to an activating group) is 1. The maximum absolute atomic E-state index is 14.1. The molecule has 1 saturated carbocycles. The molecule has 2 aromatic rings. The minimum atomic E-state index is -2.65. The molecule has 0 aliphatic heterocycles. The van der Waals surface area contributed by atoms with Crippen molar-refractivity contribution in [3.05, 3.63) is 75.6 Å². The normalized spacial score (nSPS) is 25.3. The lowest BCUT2D eigenvalue weighted by molar-refractivity contribution is -0.153. The molecule has 3 aliphatic carbocycles. The van der Waals surface area contributed by atoms with Gasteiger partial charge in [-0.05, 0) is 74.9 Å². The molecule has 10 heteroatoms. The quantitative estimate of drug-likeness (QED) is 0.311. The molecular weight excluding hydrogens is 538 g/mol. The monoisotopic (exact) mass is 575 g/mol. The zero-order chi connectivity index (χ0) is 30.7. The minimum Gasteiger partial charge on any atom is -0.508 e. The molecule has 3 aliphatic rings. The third kappa shape index (κ3) is 4.37. The van der Waals surface area contributed by atoms with Gasteiger partial charge in [-0.2, -0.15) is 0 Å². The predicted molar refractivity (Wildman–Crippen MR) is 157 cm³/mol. The van der Waals surface area contributed by atoms with Gasteiger partial charge in [0.15, 0.2) is 11.4 Å². The van der Waals surface area contributed by atoms with Crippen LogP contribution in [-0.4, -0.2) is 82.6 Å². The molecule has 10 nitrogen and oxygen atoms in total. The molecule has 0 spiro atoms. The fraction of sp³-hybridized carbons (Fsp3) is 0.406. The molecule has 2 aromatic carbocycles. The number of fused-ring (bicyclic) bond motifs is 3. The minimum absolute atomic E-state index is 0.0538. The van der Waals surface area contributed by atoms with Gasteiger partial charge in [-0.1, -0.05) is 30.3 Å². The third-order valence-corrected chi connectivity index (χ3v) is 9.01. The predicted octanol–water partition coefficient (Wildman–Crippen LogP) is 2.21. The van der Waals surface area contributed by atoms with Gasteiger partial charge in [-0.3, -0.25) is 19.3 Å². The Kier molecular flexibility index (Phi) is 7.40. The van der Waals surface area contributed by atoms with Crippen molar-refractivity contribution in [2.45, 2.75) is 43.7 Å². The second kappa shape index (κ2) is 10.6. The van der Waals surface area contributed by atoms with Crippen LogP contribution in [0.1, 0.15) is 35.1 Å². The second-order valence-corrected chi connectivity index (χ2v) is 12.0. The molecule has 0 bridgehead atoms. The van der Waals surface area contributed by atoms with E-state index in [-0.39, 0.29) is 29.7 Å². The number of nitrogens with two attached hydrogens (primary N) is 1.